The number of oxazole rings is 1. The van der Waals surface area contributed by atoms with Crippen LogP contribution in [0.1, 0.15) is 25.2 Å². The lowest BCUT2D eigenvalue weighted by Gasteiger charge is -2.13. The van der Waals surface area contributed by atoms with Gasteiger partial charge in [0, 0.05) is 24.6 Å². The molecule has 0 radical (unpaired) electrons. The molecule has 5 nitrogen and oxygen atoms in total. The highest BCUT2D eigenvalue weighted by molar-refractivity contribution is 5.91. The maximum atomic E-state index is 11.7. The lowest BCUT2D eigenvalue weighted by molar-refractivity contribution is -0.116. The van der Waals surface area contributed by atoms with Crippen molar-refractivity contribution in [3.63, 3.8) is 0 Å². The Labute approximate surface area is 122 Å². The molecule has 1 aromatic heterocycles. The lowest BCUT2D eigenvalue weighted by atomic mass is 10.1. The van der Waals surface area contributed by atoms with Crippen molar-refractivity contribution in [1.29, 1.82) is 0 Å². The summed E-state index contributed by atoms with van der Waals surface area (Å²) in [5.41, 5.74) is 1.47. The number of amides is 1. The van der Waals surface area contributed by atoms with Gasteiger partial charge >= 0.3 is 0 Å². The van der Waals surface area contributed by atoms with Crippen LogP contribution in [-0.4, -0.2) is 28.6 Å². The molecule has 0 aliphatic heterocycles. The molecule has 3 rings (SSSR count). The molecule has 2 atom stereocenters. The van der Waals surface area contributed by atoms with Crippen molar-refractivity contribution < 1.29 is 14.3 Å². The molecule has 0 bridgehead atoms. The maximum Gasteiger partial charge on any atom is 0.244 e. The predicted molar refractivity (Wildman–Crippen MR) is 79.4 cm³/mol. The first-order valence-corrected chi connectivity index (χ1v) is 7.22. The van der Waals surface area contributed by atoms with Crippen molar-refractivity contribution >= 4 is 23.1 Å². The Morgan fingerprint density at radius 1 is 1.43 bits per heavy atom. The van der Waals surface area contributed by atoms with Gasteiger partial charge in [-0.25, -0.2) is 4.98 Å². The summed E-state index contributed by atoms with van der Waals surface area (Å²) in [5, 5.41) is 12.5. The summed E-state index contributed by atoms with van der Waals surface area (Å²) < 4.78 is 5.50. The Hall–Kier alpha value is -2.14. The van der Waals surface area contributed by atoms with Crippen molar-refractivity contribution in [3.8, 4) is 0 Å². The molecule has 5 heteroatoms. The highest BCUT2D eigenvalue weighted by Gasteiger charge is 2.24. The Morgan fingerprint density at radius 2 is 2.29 bits per heavy atom. The lowest BCUT2D eigenvalue weighted by Crippen LogP contribution is -2.31. The molecule has 2 aromatic rings. The fourth-order valence-electron chi connectivity index (χ4n) is 2.65. The summed E-state index contributed by atoms with van der Waals surface area (Å²) in [5.74, 6) is 0.385. The van der Waals surface area contributed by atoms with Gasteiger partial charge in [0.05, 0.1) is 6.10 Å². The van der Waals surface area contributed by atoms with Crippen molar-refractivity contribution in [2.24, 2.45) is 5.92 Å². The SMILES string of the molecule is O=C(C=Cc1nc2ccccc2o1)NCC1CCCC1O. The van der Waals surface area contributed by atoms with Crippen LogP contribution in [-0.2, 0) is 4.79 Å². The first kappa shape index (κ1) is 13.8. The molecular formula is C16H18N2O3. The molecule has 2 N–H and O–H groups in total. The van der Waals surface area contributed by atoms with Crippen LogP contribution in [0.4, 0.5) is 0 Å². The highest BCUT2D eigenvalue weighted by atomic mass is 16.3. The van der Waals surface area contributed by atoms with Crippen molar-refractivity contribution in [3.05, 3.63) is 36.2 Å². The molecule has 1 amide bonds. The number of carbonyl (C=O) groups excluding carboxylic acids is 1. The van der Waals surface area contributed by atoms with Crippen molar-refractivity contribution in [2.45, 2.75) is 25.4 Å². The first-order valence-electron chi connectivity index (χ1n) is 7.22. The number of carbonyl (C=O) groups is 1. The van der Waals surface area contributed by atoms with Gasteiger partial charge in [-0.15, -0.1) is 0 Å². The number of benzene rings is 1. The van der Waals surface area contributed by atoms with E-state index in [0.29, 0.717) is 18.0 Å². The third-order valence-corrected chi connectivity index (χ3v) is 3.85. The predicted octanol–water partition coefficient (Wildman–Crippen LogP) is 2.12. The van der Waals surface area contributed by atoms with Gasteiger partial charge in [-0.2, -0.15) is 0 Å². The first-order chi connectivity index (χ1) is 10.2. The summed E-state index contributed by atoms with van der Waals surface area (Å²) in [6.45, 7) is 0.512. The topological polar surface area (TPSA) is 75.4 Å². The number of para-hydroxylation sites is 2. The Kier molecular flexibility index (Phi) is 4.01. The summed E-state index contributed by atoms with van der Waals surface area (Å²) in [7, 11) is 0. The number of hydrogen-bond donors (Lipinski definition) is 2. The van der Waals surface area contributed by atoms with E-state index in [2.05, 4.69) is 10.3 Å². The molecule has 1 heterocycles. The van der Waals surface area contributed by atoms with Crippen LogP contribution >= 0.6 is 0 Å². The van der Waals surface area contributed by atoms with Crippen molar-refractivity contribution in [1.82, 2.24) is 10.3 Å². The van der Waals surface area contributed by atoms with Gasteiger partial charge in [0.1, 0.15) is 5.52 Å². The molecule has 110 valence electrons. The quantitative estimate of drug-likeness (QED) is 0.844. The molecular weight excluding hydrogens is 268 g/mol. The van der Waals surface area contributed by atoms with Crippen LogP contribution in [0.3, 0.4) is 0 Å². The molecule has 1 aromatic carbocycles. The van der Waals surface area contributed by atoms with E-state index in [-0.39, 0.29) is 17.9 Å². The molecule has 1 fully saturated rings. The van der Waals surface area contributed by atoms with Crippen LogP contribution in [0.15, 0.2) is 34.8 Å². The van der Waals surface area contributed by atoms with Crippen LogP contribution < -0.4 is 5.32 Å². The number of rotatable bonds is 4. The van der Waals surface area contributed by atoms with Gasteiger partial charge in [0.2, 0.25) is 11.8 Å². The Bertz CT molecular complexity index is 629. The minimum absolute atomic E-state index is 0.173. The van der Waals surface area contributed by atoms with Gasteiger partial charge in [-0.3, -0.25) is 4.79 Å². The van der Waals surface area contributed by atoms with E-state index < -0.39 is 0 Å². The second-order valence-electron chi connectivity index (χ2n) is 5.36. The average Bonchev–Trinajstić information content (AvgIpc) is 3.08. The fraction of sp³-hybridized carbons (Fsp3) is 0.375. The number of nitrogens with zero attached hydrogens (tertiary/aromatic N) is 1. The largest absolute Gasteiger partial charge is 0.437 e. The molecule has 1 aliphatic rings. The van der Waals surface area contributed by atoms with Gasteiger partial charge in [-0.1, -0.05) is 18.6 Å². The highest BCUT2D eigenvalue weighted by Crippen LogP contribution is 2.24. The van der Waals surface area contributed by atoms with E-state index in [9.17, 15) is 9.90 Å². The van der Waals surface area contributed by atoms with E-state index in [0.717, 1.165) is 24.8 Å². The summed E-state index contributed by atoms with van der Waals surface area (Å²) in [6.07, 6.45) is 5.51. The Balaban J connectivity index is 1.56. The third-order valence-electron chi connectivity index (χ3n) is 3.85. The van der Waals surface area contributed by atoms with Gasteiger partial charge in [-0.05, 0) is 25.0 Å². The monoisotopic (exact) mass is 286 g/mol. The van der Waals surface area contributed by atoms with Crippen LogP contribution in [0.25, 0.3) is 17.2 Å². The number of aliphatic hydroxyl groups excluding tert-OH is 1. The normalized spacial score (nSPS) is 22.1. The summed E-state index contributed by atoms with van der Waals surface area (Å²) in [4.78, 5) is 16.0. The zero-order valence-electron chi connectivity index (χ0n) is 11.7. The summed E-state index contributed by atoms with van der Waals surface area (Å²) >= 11 is 0. The second-order valence-corrected chi connectivity index (χ2v) is 5.36. The van der Waals surface area contributed by atoms with E-state index >= 15 is 0 Å². The number of nitrogens with one attached hydrogen (secondary N) is 1. The van der Waals surface area contributed by atoms with E-state index in [1.54, 1.807) is 6.08 Å². The average molecular weight is 286 g/mol. The minimum atomic E-state index is -0.286. The number of fused-ring (bicyclic) bond motifs is 1. The molecule has 1 saturated carbocycles. The molecule has 0 spiro atoms. The summed E-state index contributed by atoms with van der Waals surface area (Å²) in [6, 6.07) is 7.46. The van der Waals surface area contributed by atoms with E-state index in [1.807, 2.05) is 24.3 Å². The van der Waals surface area contributed by atoms with E-state index in [1.165, 1.54) is 6.08 Å². The van der Waals surface area contributed by atoms with Crippen LogP contribution in [0.5, 0.6) is 0 Å². The fourth-order valence-corrected chi connectivity index (χ4v) is 2.65. The van der Waals surface area contributed by atoms with Gasteiger partial charge in [0.25, 0.3) is 0 Å². The van der Waals surface area contributed by atoms with Gasteiger partial charge < -0.3 is 14.8 Å². The third kappa shape index (κ3) is 3.31. The van der Waals surface area contributed by atoms with Crippen LogP contribution in [0.2, 0.25) is 0 Å². The minimum Gasteiger partial charge on any atom is -0.437 e. The van der Waals surface area contributed by atoms with Crippen LogP contribution in [0, 0.1) is 5.92 Å². The number of aromatic nitrogens is 1. The van der Waals surface area contributed by atoms with Crippen molar-refractivity contribution in [2.75, 3.05) is 6.54 Å². The molecule has 0 saturated heterocycles. The molecule has 21 heavy (non-hydrogen) atoms. The maximum absolute atomic E-state index is 11.7. The van der Waals surface area contributed by atoms with E-state index in [4.69, 9.17) is 4.42 Å². The number of aliphatic hydroxyl groups is 1. The number of hydrogen-bond acceptors (Lipinski definition) is 4. The molecule has 1 aliphatic carbocycles. The standard InChI is InChI=1S/C16H18N2O3/c19-13-6-3-4-11(13)10-17-15(20)8-9-16-18-12-5-1-2-7-14(12)21-16/h1-2,5,7-9,11,13,19H,3-4,6,10H2,(H,17,20). The zero-order valence-corrected chi connectivity index (χ0v) is 11.7. The zero-order chi connectivity index (χ0) is 14.7. The smallest absolute Gasteiger partial charge is 0.244 e. The second kappa shape index (κ2) is 6.10. The van der Waals surface area contributed by atoms with Gasteiger partial charge in [0.15, 0.2) is 5.58 Å². The Morgan fingerprint density at radius 3 is 3.05 bits per heavy atom. The molecule has 2 unspecified atom stereocenters.